The Labute approximate surface area is 404 Å². The molecule has 0 bridgehead atoms. The summed E-state index contributed by atoms with van der Waals surface area (Å²) in [6.07, 6.45) is 0. The summed E-state index contributed by atoms with van der Waals surface area (Å²) in [5.74, 6) is 0. The van der Waals surface area contributed by atoms with Gasteiger partial charge in [0.15, 0.2) is 0 Å². The lowest BCUT2D eigenvalue weighted by Gasteiger charge is -2.29. The molecule has 1 heteroatoms. The topological polar surface area (TPSA) is 3.24 Å². The summed E-state index contributed by atoms with van der Waals surface area (Å²) < 4.78 is 0. The molecule has 69 heavy (non-hydrogen) atoms. The lowest BCUT2D eigenvalue weighted by atomic mass is 9.91. The van der Waals surface area contributed by atoms with Crippen LogP contribution in [-0.4, -0.2) is 0 Å². The lowest BCUT2D eigenvalue weighted by Crippen LogP contribution is -2.11. The first-order valence-corrected chi connectivity index (χ1v) is 23.7. The molecular weight excluding hydrogens is 831 g/mol. The molecule has 0 radical (unpaired) electrons. The van der Waals surface area contributed by atoms with Crippen LogP contribution in [0.25, 0.3) is 99.4 Å². The number of rotatable bonds is 10. The molecule has 12 aromatic carbocycles. The Balaban J connectivity index is 1.03. The van der Waals surface area contributed by atoms with Crippen LogP contribution in [0.3, 0.4) is 0 Å². The monoisotopic (exact) mass is 877 g/mol. The SMILES string of the molecule is c1ccc(-c2cccc(-c3ccc(N(c4ccc(-c5cc(-c6ccccc6)cc(-c6ccccc6)c5)cc4)c4cc(-c5cc6ccccc6c6ccccc56)ccc4-c4ccccc4)cc3)c2)cc1. The fourth-order valence-electron chi connectivity index (χ4n) is 9.97. The third kappa shape index (κ3) is 8.28. The van der Waals surface area contributed by atoms with Gasteiger partial charge in [0, 0.05) is 16.9 Å². The van der Waals surface area contributed by atoms with E-state index in [-0.39, 0.29) is 0 Å². The number of benzene rings is 12. The van der Waals surface area contributed by atoms with Crippen molar-refractivity contribution in [2.45, 2.75) is 0 Å². The standard InChI is InChI=1S/C68H47N/c1-5-18-48(19-6-1)54-27-17-28-55(42-54)51-32-37-61(38-33-51)69(62-39-34-52(35-40-62)60-44-58(49-20-7-2-8-21-49)43-59(45-60)50-22-9-3-10-23-50)68-47-57(36-41-64(68)53-24-11-4-12-25-53)67-46-56-26-13-14-29-63(56)65-30-15-16-31-66(65)67/h1-47H. The van der Waals surface area contributed by atoms with Crippen LogP contribution in [0.4, 0.5) is 17.1 Å². The largest absolute Gasteiger partial charge is 0.310 e. The van der Waals surface area contributed by atoms with Gasteiger partial charge in [0.1, 0.15) is 0 Å². The van der Waals surface area contributed by atoms with Crippen molar-refractivity contribution in [3.8, 4) is 77.9 Å². The molecular formula is C68H47N. The third-order valence-corrected chi connectivity index (χ3v) is 13.4. The molecule has 1 nitrogen and oxygen atoms in total. The Morgan fingerprint density at radius 3 is 1.10 bits per heavy atom. The molecule has 0 N–H and O–H groups in total. The summed E-state index contributed by atoms with van der Waals surface area (Å²) in [5.41, 5.74) is 19.8. The maximum Gasteiger partial charge on any atom is 0.0546 e. The van der Waals surface area contributed by atoms with Crippen molar-refractivity contribution in [2.75, 3.05) is 4.90 Å². The average Bonchev–Trinajstić information content (AvgIpc) is 3.44. The highest BCUT2D eigenvalue weighted by molar-refractivity contribution is 6.14. The smallest absolute Gasteiger partial charge is 0.0546 e. The fraction of sp³-hybridized carbons (Fsp3) is 0. The zero-order valence-corrected chi connectivity index (χ0v) is 38.1. The first-order valence-electron chi connectivity index (χ1n) is 23.7. The molecule has 0 heterocycles. The maximum atomic E-state index is 2.44. The maximum absolute atomic E-state index is 2.44. The van der Waals surface area contributed by atoms with Crippen molar-refractivity contribution in [3.63, 3.8) is 0 Å². The summed E-state index contributed by atoms with van der Waals surface area (Å²) >= 11 is 0. The van der Waals surface area contributed by atoms with E-state index in [4.69, 9.17) is 0 Å². The Morgan fingerprint density at radius 2 is 0.565 bits per heavy atom. The van der Waals surface area contributed by atoms with Gasteiger partial charge in [-0.25, -0.2) is 0 Å². The van der Waals surface area contributed by atoms with E-state index in [0.717, 1.165) is 39.3 Å². The Morgan fingerprint density at radius 1 is 0.188 bits per heavy atom. The second-order valence-corrected chi connectivity index (χ2v) is 17.7. The number of anilines is 3. The quantitative estimate of drug-likeness (QED) is 0.124. The highest BCUT2D eigenvalue weighted by Gasteiger charge is 2.21. The summed E-state index contributed by atoms with van der Waals surface area (Å²) in [7, 11) is 0. The lowest BCUT2D eigenvalue weighted by molar-refractivity contribution is 1.28. The van der Waals surface area contributed by atoms with Crippen LogP contribution in [0.15, 0.2) is 285 Å². The van der Waals surface area contributed by atoms with Gasteiger partial charge in [0.2, 0.25) is 0 Å². The Hall–Kier alpha value is -9.04. The van der Waals surface area contributed by atoms with Gasteiger partial charge in [-0.15, -0.1) is 0 Å². The number of hydrogen-bond acceptors (Lipinski definition) is 1. The number of nitrogens with zero attached hydrogens (tertiary/aromatic N) is 1. The molecule has 0 saturated heterocycles. The molecule has 0 saturated carbocycles. The van der Waals surface area contributed by atoms with Crippen molar-refractivity contribution in [1.29, 1.82) is 0 Å². The first-order chi connectivity index (χ1) is 34.2. The Bertz CT molecular complexity index is 3670. The van der Waals surface area contributed by atoms with Crippen LogP contribution in [0.5, 0.6) is 0 Å². The number of fused-ring (bicyclic) bond motifs is 3. The average molecular weight is 878 g/mol. The highest BCUT2D eigenvalue weighted by atomic mass is 15.1. The van der Waals surface area contributed by atoms with E-state index in [1.807, 2.05) is 0 Å². The van der Waals surface area contributed by atoms with Crippen molar-refractivity contribution in [1.82, 2.24) is 0 Å². The van der Waals surface area contributed by atoms with E-state index >= 15 is 0 Å². The molecule has 0 aliphatic carbocycles. The molecule has 0 aromatic heterocycles. The van der Waals surface area contributed by atoms with Crippen molar-refractivity contribution in [3.05, 3.63) is 285 Å². The van der Waals surface area contributed by atoms with Crippen molar-refractivity contribution < 1.29 is 0 Å². The van der Waals surface area contributed by atoms with Crippen LogP contribution >= 0.6 is 0 Å². The Kier molecular flexibility index (Phi) is 11.0. The molecule has 0 unspecified atom stereocenters. The summed E-state index contributed by atoms with van der Waals surface area (Å²) in [6, 6.07) is 104. The predicted molar refractivity (Wildman–Crippen MR) is 294 cm³/mol. The molecule has 0 aliphatic rings. The van der Waals surface area contributed by atoms with Gasteiger partial charge >= 0.3 is 0 Å². The van der Waals surface area contributed by atoms with Crippen LogP contribution in [0, 0.1) is 0 Å². The van der Waals surface area contributed by atoms with Gasteiger partial charge in [-0.1, -0.05) is 224 Å². The molecule has 324 valence electrons. The van der Waals surface area contributed by atoms with Crippen LogP contribution < -0.4 is 4.90 Å². The zero-order chi connectivity index (χ0) is 45.9. The second kappa shape index (κ2) is 18.3. The van der Waals surface area contributed by atoms with Crippen molar-refractivity contribution in [2.24, 2.45) is 0 Å². The van der Waals surface area contributed by atoms with E-state index in [2.05, 4.69) is 290 Å². The van der Waals surface area contributed by atoms with Gasteiger partial charge in [-0.2, -0.15) is 0 Å². The molecule has 12 aromatic rings. The molecule has 0 spiro atoms. The molecule has 0 fully saturated rings. The van der Waals surface area contributed by atoms with E-state index in [9.17, 15) is 0 Å². The molecule has 0 atom stereocenters. The molecule has 0 aliphatic heterocycles. The second-order valence-electron chi connectivity index (χ2n) is 17.7. The van der Waals surface area contributed by atoms with E-state index in [1.54, 1.807) is 0 Å². The zero-order valence-electron chi connectivity index (χ0n) is 38.1. The van der Waals surface area contributed by atoms with E-state index in [1.165, 1.54) is 77.2 Å². The minimum absolute atomic E-state index is 1.07. The molecule has 0 amide bonds. The third-order valence-electron chi connectivity index (χ3n) is 13.4. The van der Waals surface area contributed by atoms with Crippen LogP contribution in [0.1, 0.15) is 0 Å². The summed E-state index contributed by atoms with van der Waals surface area (Å²) in [6.45, 7) is 0. The first kappa shape index (κ1) is 41.4. The van der Waals surface area contributed by atoms with Gasteiger partial charge < -0.3 is 4.90 Å². The fourth-order valence-corrected chi connectivity index (χ4v) is 9.97. The molecule has 12 rings (SSSR count). The normalized spacial score (nSPS) is 11.2. The van der Waals surface area contributed by atoms with Crippen LogP contribution in [-0.2, 0) is 0 Å². The highest BCUT2D eigenvalue weighted by Crippen LogP contribution is 2.46. The van der Waals surface area contributed by atoms with E-state index in [0.29, 0.717) is 0 Å². The number of hydrogen-bond donors (Lipinski definition) is 0. The predicted octanol–water partition coefficient (Wildman–Crippen LogP) is 19.1. The summed E-state index contributed by atoms with van der Waals surface area (Å²) in [4.78, 5) is 2.44. The van der Waals surface area contributed by atoms with E-state index < -0.39 is 0 Å². The van der Waals surface area contributed by atoms with Gasteiger partial charge in [-0.3, -0.25) is 0 Å². The van der Waals surface area contributed by atoms with Gasteiger partial charge in [0.05, 0.1) is 5.69 Å². The summed E-state index contributed by atoms with van der Waals surface area (Å²) in [5, 5.41) is 4.98. The van der Waals surface area contributed by atoms with Gasteiger partial charge in [-0.05, 0) is 155 Å². The minimum atomic E-state index is 1.07. The van der Waals surface area contributed by atoms with Crippen LogP contribution in [0.2, 0.25) is 0 Å². The minimum Gasteiger partial charge on any atom is -0.310 e. The van der Waals surface area contributed by atoms with Crippen molar-refractivity contribution >= 4 is 38.6 Å². The van der Waals surface area contributed by atoms with Gasteiger partial charge in [0.25, 0.3) is 0 Å².